The van der Waals surface area contributed by atoms with Crippen molar-refractivity contribution in [3.05, 3.63) is 102 Å². The third-order valence-corrected chi connectivity index (χ3v) is 5.46. The second-order valence-corrected chi connectivity index (χ2v) is 7.08. The molecule has 28 heavy (non-hydrogen) atoms. The van der Waals surface area contributed by atoms with Gasteiger partial charge in [0, 0.05) is 5.56 Å². The first-order chi connectivity index (χ1) is 13.7. The van der Waals surface area contributed by atoms with Crippen molar-refractivity contribution in [1.82, 2.24) is 4.57 Å². The fraction of sp³-hybridized carbons (Fsp3) is 0.0800. The van der Waals surface area contributed by atoms with Crippen LogP contribution in [0.15, 0.2) is 84.9 Å². The molecule has 0 saturated heterocycles. The quantitative estimate of drug-likeness (QED) is 0.513. The Morgan fingerprint density at radius 1 is 0.786 bits per heavy atom. The molecule has 0 atom stereocenters. The summed E-state index contributed by atoms with van der Waals surface area (Å²) in [7, 11) is 0. The van der Waals surface area contributed by atoms with Gasteiger partial charge in [-0.25, -0.2) is 4.79 Å². The number of rotatable bonds is 3. The van der Waals surface area contributed by atoms with E-state index in [0.717, 1.165) is 29.8 Å². The summed E-state index contributed by atoms with van der Waals surface area (Å²) in [5.41, 5.74) is 7.97. The number of aromatic nitrogens is 1. The van der Waals surface area contributed by atoms with Crippen LogP contribution < -0.4 is 0 Å². The van der Waals surface area contributed by atoms with Gasteiger partial charge in [0.05, 0.1) is 22.6 Å². The minimum absolute atomic E-state index is 0.307. The predicted octanol–water partition coefficient (Wildman–Crippen LogP) is 5.61. The van der Waals surface area contributed by atoms with Crippen LogP contribution in [0.3, 0.4) is 0 Å². The number of benzene rings is 3. The molecule has 3 heteroatoms. The van der Waals surface area contributed by atoms with Gasteiger partial charge in [-0.15, -0.1) is 0 Å². The Hall–Kier alpha value is -3.59. The Morgan fingerprint density at radius 2 is 1.46 bits per heavy atom. The largest absolute Gasteiger partial charge is 0.478 e. The van der Waals surface area contributed by atoms with Crippen molar-refractivity contribution >= 4 is 5.97 Å². The number of hydrogen-bond acceptors (Lipinski definition) is 1. The highest BCUT2D eigenvalue weighted by Gasteiger charge is 2.26. The predicted molar refractivity (Wildman–Crippen MR) is 111 cm³/mol. The first-order valence-electron chi connectivity index (χ1n) is 9.45. The lowest BCUT2D eigenvalue weighted by Crippen LogP contribution is -2.10. The van der Waals surface area contributed by atoms with Crippen LogP contribution in [0.1, 0.15) is 21.5 Å². The van der Waals surface area contributed by atoms with Crippen LogP contribution in [-0.2, 0) is 12.8 Å². The Kier molecular flexibility index (Phi) is 3.87. The van der Waals surface area contributed by atoms with Gasteiger partial charge >= 0.3 is 5.97 Å². The van der Waals surface area contributed by atoms with Crippen molar-refractivity contribution in [1.29, 1.82) is 0 Å². The van der Waals surface area contributed by atoms with E-state index in [2.05, 4.69) is 47.0 Å². The number of aryl methyl sites for hydroxylation is 2. The molecule has 0 aliphatic heterocycles. The molecule has 3 aromatic carbocycles. The van der Waals surface area contributed by atoms with E-state index in [4.69, 9.17) is 0 Å². The number of carboxylic acid groups (broad SMARTS) is 1. The maximum absolute atomic E-state index is 12.0. The van der Waals surface area contributed by atoms with Crippen molar-refractivity contribution in [3.8, 4) is 28.2 Å². The molecule has 5 rings (SSSR count). The molecule has 0 fully saturated rings. The topological polar surface area (TPSA) is 42.2 Å². The molecule has 0 bridgehead atoms. The molecular weight excluding hydrogens is 346 g/mol. The summed E-state index contributed by atoms with van der Waals surface area (Å²) in [6, 6.07) is 28.1. The molecule has 136 valence electrons. The average Bonchev–Trinajstić information content (AvgIpc) is 3.14. The summed E-state index contributed by atoms with van der Waals surface area (Å²) < 4.78 is 2.13. The highest BCUT2D eigenvalue weighted by molar-refractivity contribution is 5.93. The van der Waals surface area contributed by atoms with Gasteiger partial charge in [-0.3, -0.25) is 0 Å². The van der Waals surface area contributed by atoms with Crippen LogP contribution in [0.5, 0.6) is 0 Å². The summed E-state index contributed by atoms with van der Waals surface area (Å²) in [4.78, 5) is 12.0. The van der Waals surface area contributed by atoms with Gasteiger partial charge < -0.3 is 9.67 Å². The van der Waals surface area contributed by atoms with E-state index < -0.39 is 5.97 Å². The van der Waals surface area contributed by atoms with E-state index in [1.807, 2.05) is 30.3 Å². The Balaban J connectivity index is 1.88. The van der Waals surface area contributed by atoms with Crippen molar-refractivity contribution in [2.24, 2.45) is 0 Å². The fourth-order valence-corrected chi connectivity index (χ4v) is 4.21. The van der Waals surface area contributed by atoms with Gasteiger partial charge in [0.15, 0.2) is 0 Å². The van der Waals surface area contributed by atoms with Gasteiger partial charge in [0.25, 0.3) is 0 Å². The SMILES string of the molecule is O=C(O)c1ccccc1-n1c(-c2ccccc2)cc2c1-c1ccccc1CC2. The van der Waals surface area contributed by atoms with Crippen molar-refractivity contribution < 1.29 is 9.90 Å². The molecule has 0 amide bonds. The number of fused-ring (bicyclic) bond motifs is 3. The highest BCUT2D eigenvalue weighted by Crippen LogP contribution is 2.41. The number of para-hydroxylation sites is 1. The molecular formula is C25H19NO2. The van der Waals surface area contributed by atoms with E-state index in [1.165, 1.54) is 16.7 Å². The molecule has 1 N–H and O–H groups in total. The minimum Gasteiger partial charge on any atom is -0.478 e. The smallest absolute Gasteiger partial charge is 0.337 e. The van der Waals surface area contributed by atoms with E-state index in [-0.39, 0.29) is 0 Å². The molecule has 0 radical (unpaired) electrons. The zero-order valence-corrected chi connectivity index (χ0v) is 15.3. The highest BCUT2D eigenvalue weighted by atomic mass is 16.4. The van der Waals surface area contributed by atoms with Crippen molar-refractivity contribution in [3.63, 3.8) is 0 Å². The maximum atomic E-state index is 12.0. The third kappa shape index (κ3) is 2.55. The molecule has 4 aromatic rings. The second-order valence-electron chi connectivity index (χ2n) is 7.08. The average molecular weight is 365 g/mol. The zero-order valence-electron chi connectivity index (χ0n) is 15.3. The first-order valence-corrected chi connectivity index (χ1v) is 9.45. The molecule has 0 saturated carbocycles. The first kappa shape index (κ1) is 16.6. The van der Waals surface area contributed by atoms with Crippen LogP contribution >= 0.6 is 0 Å². The van der Waals surface area contributed by atoms with E-state index in [1.54, 1.807) is 12.1 Å². The van der Waals surface area contributed by atoms with E-state index >= 15 is 0 Å². The van der Waals surface area contributed by atoms with Gasteiger partial charge in [-0.2, -0.15) is 0 Å². The molecule has 0 unspecified atom stereocenters. The van der Waals surface area contributed by atoms with Crippen molar-refractivity contribution in [2.45, 2.75) is 12.8 Å². The number of carboxylic acids is 1. The Morgan fingerprint density at radius 3 is 2.29 bits per heavy atom. The normalized spacial score (nSPS) is 12.3. The molecule has 0 spiro atoms. The molecule has 1 aliphatic carbocycles. The van der Waals surface area contributed by atoms with Crippen LogP contribution in [0.25, 0.3) is 28.2 Å². The fourth-order valence-electron chi connectivity index (χ4n) is 4.21. The lowest BCUT2D eigenvalue weighted by Gasteiger charge is -2.21. The summed E-state index contributed by atoms with van der Waals surface area (Å²) >= 11 is 0. The van der Waals surface area contributed by atoms with Crippen LogP contribution in [0.2, 0.25) is 0 Å². The molecule has 1 aromatic heterocycles. The standard InChI is InChI=1S/C25H19NO2/c27-25(28)21-12-6-7-13-22(21)26-23(18-9-2-1-3-10-18)16-19-15-14-17-8-4-5-11-20(17)24(19)26/h1-13,16H,14-15H2,(H,27,28). The van der Waals surface area contributed by atoms with Gasteiger partial charge in [-0.05, 0) is 47.7 Å². The van der Waals surface area contributed by atoms with Gasteiger partial charge in [-0.1, -0.05) is 66.7 Å². The zero-order chi connectivity index (χ0) is 19.1. The van der Waals surface area contributed by atoms with Gasteiger partial charge in [0.1, 0.15) is 0 Å². The van der Waals surface area contributed by atoms with Crippen LogP contribution in [0.4, 0.5) is 0 Å². The number of carbonyl (C=O) groups is 1. The number of hydrogen-bond donors (Lipinski definition) is 1. The number of nitrogens with zero attached hydrogens (tertiary/aromatic N) is 1. The lowest BCUT2D eigenvalue weighted by atomic mass is 9.90. The molecule has 3 nitrogen and oxygen atoms in total. The Labute approximate surface area is 163 Å². The summed E-state index contributed by atoms with van der Waals surface area (Å²) in [5, 5.41) is 9.81. The summed E-state index contributed by atoms with van der Waals surface area (Å²) in [6.45, 7) is 0. The van der Waals surface area contributed by atoms with Crippen LogP contribution in [0, 0.1) is 0 Å². The van der Waals surface area contributed by atoms with Crippen LogP contribution in [-0.4, -0.2) is 15.6 Å². The minimum atomic E-state index is -0.916. The summed E-state index contributed by atoms with van der Waals surface area (Å²) in [5.74, 6) is -0.916. The van der Waals surface area contributed by atoms with E-state index in [9.17, 15) is 9.90 Å². The second kappa shape index (κ2) is 6.54. The number of aromatic carboxylic acids is 1. The molecule has 1 aliphatic rings. The monoisotopic (exact) mass is 365 g/mol. The Bertz CT molecular complexity index is 1190. The van der Waals surface area contributed by atoms with E-state index in [0.29, 0.717) is 11.3 Å². The van der Waals surface area contributed by atoms with Gasteiger partial charge in [0.2, 0.25) is 0 Å². The van der Waals surface area contributed by atoms with Crippen molar-refractivity contribution in [2.75, 3.05) is 0 Å². The maximum Gasteiger partial charge on any atom is 0.337 e. The third-order valence-electron chi connectivity index (χ3n) is 5.46. The molecule has 1 heterocycles. The summed E-state index contributed by atoms with van der Waals surface area (Å²) in [6.07, 6.45) is 1.95. The lowest BCUT2D eigenvalue weighted by molar-refractivity contribution is 0.0697.